The predicted molar refractivity (Wildman–Crippen MR) is 159 cm³/mol. The first-order valence-electron chi connectivity index (χ1n) is 14.6. The monoisotopic (exact) mass is 555 g/mol. The number of carbonyl (C=O) groups is 2. The third-order valence-electron chi connectivity index (χ3n) is 8.25. The van der Waals surface area contributed by atoms with Gasteiger partial charge in [0, 0.05) is 26.2 Å². The van der Waals surface area contributed by atoms with Gasteiger partial charge in [-0.3, -0.25) is 14.5 Å². The summed E-state index contributed by atoms with van der Waals surface area (Å²) in [6.07, 6.45) is 1.83. The van der Waals surface area contributed by atoms with Crippen molar-refractivity contribution in [1.82, 2.24) is 15.1 Å². The highest BCUT2D eigenvalue weighted by Gasteiger charge is 2.53. The average Bonchev–Trinajstić information content (AvgIpc) is 2.99. The Kier molecular flexibility index (Phi) is 8.93. The fourth-order valence-corrected chi connectivity index (χ4v) is 5.96. The third kappa shape index (κ3) is 6.73. The van der Waals surface area contributed by atoms with Crippen molar-refractivity contribution in [3.8, 4) is 11.5 Å². The minimum Gasteiger partial charge on any atom is -0.497 e. The molecule has 216 valence electrons. The van der Waals surface area contributed by atoms with Crippen molar-refractivity contribution in [1.29, 1.82) is 0 Å². The van der Waals surface area contributed by atoms with Crippen LogP contribution in [-0.4, -0.2) is 53.4 Å². The number of hydrogen-bond acceptors (Lipinski definition) is 5. The molecule has 0 radical (unpaired) electrons. The molecule has 1 unspecified atom stereocenters. The summed E-state index contributed by atoms with van der Waals surface area (Å²) in [7, 11) is 1.64. The number of rotatable bonds is 10. The lowest BCUT2D eigenvalue weighted by Crippen LogP contribution is -2.72. The summed E-state index contributed by atoms with van der Waals surface area (Å²) in [4.78, 5) is 31.8. The quantitative estimate of drug-likeness (QED) is 0.373. The van der Waals surface area contributed by atoms with Crippen molar-refractivity contribution in [3.05, 3.63) is 95.6 Å². The zero-order chi connectivity index (χ0) is 28.8. The molecule has 2 fully saturated rings. The number of nitrogens with one attached hydrogen (secondary N) is 1. The Hall–Kier alpha value is -3.84. The van der Waals surface area contributed by atoms with Crippen LogP contribution in [0.2, 0.25) is 0 Å². The van der Waals surface area contributed by atoms with Crippen LogP contribution in [0.25, 0.3) is 0 Å². The van der Waals surface area contributed by atoms with Gasteiger partial charge in [-0.05, 0) is 66.1 Å². The second kappa shape index (κ2) is 12.8. The number of ether oxygens (including phenoxy) is 2. The number of likely N-dealkylation sites (tertiary alicyclic amines) is 1. The largest absolute Gasteiger partial charge is 0.497 e. The van der Waals surface area contributed by atoms with Crippen LogP contribution in [0, 0.1) is 5.92 Å². The Morgan fingerprint density at radius 1 is 0.854 bits per heavy atom. The molecule has 3 aromatic carbocycles. The molecular formula is C34H41N3O4. The SMILES string of the molecule is COc1cccc(CN2C(=O)C(CC(C)C)NC(=O)C23CCN(Cc2ccc(OCc4ccccc4)cc2)CC3)c1. The molecule has 0 aromatic heterocycles. The number of benzene rings is 3. The molecule has 41 heavy (non-hydrogen) atoms. The van der Waals surface area contributed by atoms with Gasteiger partial charge in [-0.1, -0.05) is 68.4 Å². The fraction of sp³-hybridized carbons (Fsp3) is 0.412. The fourth-order valence-electron chi connectivity index (χ4n) is 5.96. The molecule has 3 aromatic rings. The van der Waals surface area contributed by atoms with E-state index in [1.54, 1.807) is 7.11 Å². The molecule has 0 saturated carbocycles. The molecule has 2 aliphatic heterocycles. The standard InChI is InChI=1S/C34H41N3O4/c1-25(2)20-31-32(38)37(23-28-10-7-11-30(21-28)40-3)34(33(39)35-31)16-18-36(19-17-34)22-26-12-14-29(15-13-26)41-24-27-8-5-4-6-9-27/h4-15,21,25,31H,16-20,22-24H2,1-3H3,(H,35,39). The highest BCUT2D eigenvalue weighted by molar-refractivity contribution is 6.00. The van der Waals surface area contributed by atoms with Gasteiger partial charge in [-0.15, -0.1) is 0 Å². The van der Waals surface area contributed by atoms with E-state index in [9.17, 15) is 9.59 Å². The van der Waals surface area contributed by atoms with E-state index in [-0.39, 0.29) is 11.8 Å². The van der Waals surface area contributed by atoms with Crippen LogP contribution in [0.15, 0.2) is 78.9 Å². The Morgan fingerprint density at radius 3 is 2.24 bits per heavy atom. The topological polar surface area (TPSA) is 71.1 Å². The van der Waals surface area contributed by atoms with E-state index in [1.165, 1.54) is 5.56 Å². The van der Waals surface area contributed by atoms with Gasteiger partial charge < -0.3 is 19.7 Å². The lowest BCUT2D eigenvalue weighted by atomic mass is 9.80. The number of amides is 2. The zero-order valence-electron chi connectivity index (χ0n) is 24.3. The van der Waals surface area contributed by atoms with Crippen molar-refractivity contribution in [2.75, 3.05) is 20.2 Å². The van der Waals surface area contributed by atoms with Gasteiger partial charge in [0.2, 0.25) is 11.8 Å². The van der Waals surface area contributed by atoms with Crippen LogP contribution in [0.3, 0.4) is 0 Å². The normalized spacial score (nSPS) is 18.9. The summed E-state index contributed by atoms with van der Waals surface area (Å²) in [5.74, 6) is 1.88. The lowest BCUT2D eigenvalue weighted by Gasteiger charge is -2.52. The Balaban J connectivity index is 1.25. The molecular weight excluding hydrogens is 514 g/mol. The number of carbonyl (C=O) groups excluding carboxylic acids is 2. The maximum atomic E-state index is 13.8. The molecule has 1 atom stereocenters. The predicted octanol–water partition coefficient (Wildman–Crippen LogP) is 5.18. The van der Waals surface area contributed by atoms with Crippen molar-refractivity contribution in [2.45, 2.75) is 64.4 Å². The lowest BCUT2D eigenvalue weighted by molar-refractivity contribution is -0.162. The van der Waals surface area contributed by atoms with Crippen LogP contribution < -0.4 is 14.8 Å². The summed E-state index contributed by atoms with van der Waals surface area (Å²) >= 11 is 0. The molecule has 1 spiro atoms. The van der Waals surface area contributed by atoms with Gasteiger partial charge in [0.1, 0.15) is 29.7 Å². The smallest absolute Gasteiger partial charge is 0.246 e. The van der Waals surface area contributed by atoms with Gasteiger partial charge in [-0.25, -0.2) is 0 Å². The molecule has 2 heterocycles. The van der Waals surface area contributed by atoms with E-state index in [1.807, 2.05) is 59.5 Å². The maximum Gasteiger partial charge on any atom is 0.246 e. The Labute approximate surface area is 243 Å². The van der Waals surface area contributed by atoms with Gasteiger partial charge >= 0.3 is 0 Å². The van der Waals surface area contributed by atoms with Crippen LogP contribution in [0.4, 0.5) is 0 Å². The second-order valence-electron chi connectivity index (χ2n) is 11.7. The van der Waals surface area contributed by atoms with E-state index in [0.717, 1.165) is 42.3 Å². The number of hydrogen-bond donors (Lipinski definition) is 1. The molecule has 2 aliphatic rings. The van der Waals surface area contributed by atoms with E-state index in [4.69, 9.17) is 9.47 Å². The molecule has 2 amide bonds. The Bertz CT molecular complexity index is 1320. The summed E-state index contributed by atoms with van der Waals surface area (Å²) in [5.41, 5.74) is 2.45. The van der Waals surface area contributed by atoms with Gasteiger partial charge in [-0.2, -0.15) is 0 Å². The second-order valence-corrected chi connectivity index (χ2v) is 11.7. The van der Waals surface area contributed by atoms with Crippen LogP contribution in [0.1, 0.15) is 49.8 Å². The van der Waals surface area contributed by atoms with Crippen molar-refractivity contribution < 1.29 is 19.1 Å². The molecule has 7 nitrogen and oxygen atoms in total. The van der Waals surface area contributed by atoms with E-state index >= 15 is 0 Å². The van der Waals surface area contributed by atoms with Crippen LogP contribution in [0.5, 0.6) is 11.5 Å². The molecule has 2 saturated heterocycles. The molecule has 1 N–H and O–H groups in total. The van der Waals surface area contributed by atoms with Gasteiger partial charge in [0.25, 0.3) is 0 Å². The summed E-state index contributed by atoms with van der Waals surface area (Å²) in [5, 5.41) is 3.10. The molecule has 0 bridgehead atoms. The van der Waals surface area contributed by atoms with Crippen LogP contribution >= 0.6 is 0 Å². The summed E-state index contributed by atoms with van der Waals surface area (Å²) in [6, 6.07) is 25.7. The molecule has 0 aliphatic carbocycles. The zero-order valence-corrected chi connectivity index (χ0v) is 24.3. The van der Waals surface area contributed by atoms with E-state index < -0.39 is 11.6 Å². The maximum absolute atomic E-state index is 13.8. The summed E-state index contributed by atoms with van der Waals surface area (Å²) in [6.45, 7) is 7.35. The average molecular weight is 556 g/mol. The highest BCUT2D eigenvalue weighted by Crippen LogP contribution is 2.36. The summed E-state index contributed by atoms with van der Waals surface area (Å²) < 4.78 is 11.4. The first-order chi connectivity index (χ1) is 19.9. The van der Waals surface area contributed by atoms with Crippen molar-refractivity contribution in [3.63, 3.8) is 0 Å². The minimum absolute atomic E-state index is 0.0145. The van der Waals surface area contributed by atoms with Crippen LogP contribution in [-0.2, 0) is 29.3 Å². The van der Waals surface area contributed by atoms with Gasteiger partial charge in [0.15, 0.2) is 0 Å². The number of piperazine rings is 1. The highest BCUT2D eigenvalue weighted by atomic mass is 16.5. The molecule has 5 rings (SSSR count). The minimum atomic E-state index is -0.848. The van der Waals surface area contributed by atoms with Crippen molar-refractivity contribution in [2.24, 2.45) is 5.92 Å². The molecule has 7 heteroatoms. The first kappa shape index (κ1) is 28.7. The van der Waals surface area contributed by atoms with E-state index in [2.05, 4.69) is 48.3 Å². The van der Waals surface area contributed by atoms with Gasteiger partial charge in [0.05, 0.1) is 7.11 Å². The third-order valence-corrected chi connectivity index (χ3v) is 8.25. The number of methoxy groups -OCH3 is 1. The first-order valence-corrected chi connectivity index (χ1v) is 14.6. The van der Waals surface area contributed by atoms with E-state index in [0.29, 0.717) is 38.3 Å². The van der Waals surface area contributed by atoms with Crippen molar-refractivity contribution >= 4 is 11.8 Å². The Morgan fingerprint density at radius 2 is 1.56 bits per heavy atom. The number of nitrogens with zero attached hydrogens (tertiary/aromatic N) is 2. The number of piperidine rings is 1.